The lowest BCUT2D eigenvalue weighted by Crippen LogP contribution is -2.17. The van der Waals surface area contributed by atoms with Crippen LogP contribution in [0.1, 0.15) is 102 Å². The van der Waals surface area contributed by atoms with Crippen molar-refractivity contribution in [3.63, 3.8) is 0 Å². The highest BCUT2D eigenvalue weighted by Crippen LogP contribution is 2.36. The Labute approximate surface area is 202 Å². The summed E-state index contributed by atoms with van der Waals surface area (Å²) in [5, 5.41) is 9.82. The maximum Gasteiger partial charge on any atom is 0.119 e. The topological polar surface area (TPSA) is 33.0 Å². The van der Waals surface area contributed by atoms with Crippen LogP contribution in [0.5, 0.6) is 5.75 Å². The van der Waals surface area contributed by atoms with Gasteiger partial charge in [0, 0.05) is 5.92 Å². The van der Waals surface area contributed by atoms with Gasteiger partial charge in [0.25, 0.3) is 0 Å². The lowest BCUT2D eigenvalue weighted by molar-refractivity contribution is 0.272. The van der Waals surface area contributed by atoms with E-state index in [1.807, 2.05) is 0 Å². The van der Waals surface area contributed by atoms with Crippen LogP contribution in [0.4, 0.5) is 0 Å². The van der Waals surface area contributed by atoms with E-state index in [4.69, 9.17) is 4.74 Å². The molecular weight excluding hydrogens is 402 g/mol. The lowest BCUT2D eigenvalue weighted by atomic mass is 9.77. The van der Waals surface area contributed by atoms with Crippen LogP contribution >= 0.6 is 0 Å². The third-order valence-corrected chi connectivity index (χ3v) is 7.45. The fourth-order valence-corrected chi connectivity index (χ4v) is 5.28. The maximum absolute atomic E-state index is 9.82. The van der Waals surface area contributed by atoms with Gasteiger partial charge in [0.1, 0.15) is 5.75 Å². The van der Waals surface area contributed by atoms with Crippen LogP contribution in [-0.4, -0.2) is 6.61 Å². The van der Waals surface area contributed by atoms with Crippen LogP contribution in [0.15, 0.2) is 48.5 Å². The van der Waals surface area contributed by atoms with Crippen molar-refractivity contribution in [3.05, 3.63) is 54.1 Å². The number of nitrogens with zero attached hydrogens (tertiary/aromatic N) is 1. The Morgan fingerprint density at radius 2 is 1.45 bits per heavy atom. The minimum Gasteiger partial charge on any atom is -0.494 e. The summed E-state index contributed by atoms with van der Waals surface area (Å²) in [5.74, 6) is 2.39. The zero-order valence-electron chi connectivity index (χ0n) is 20.9. The first kappa shape index (κ1) is 25.4. The van der Waals surface area contributed by atoms with Gasteiger partial charge in [-0.15, -0.1) is 0 Å². The van der Waals surface area contributed by atoms with Gasteiger partial charge >= 0.3 is 0 Å². The van der Waals surface area contributed by atoms with Crippen molar-refractivity contribution in [1.82, 2.24) is 0 Å². The monoisotopic (exact) mass is 445 g/mol. The van der Waals surface area contributed by atoms with Gasteiger partial charge in [-0.1, -0.05) is 88.8 Å². The maximum atomic E-state index is 9.82. The highest BCUT2D eigenvalue weighted by Gasteiger charge is 2.24. The van der Waals surface area contributed by atoms with E-state index in [0.717, 1.165) is 38.0 Å². The number of rotatable bonds is 13. The second kappa shape index (κ2) is 14.1. The van der Waals surface area contributed by atoms with Crippen LogP contribution in [0.2, 0.25) is 0 Å². The first-order valence-corrected chi connectivity index (χ1v) is 13.5. The third-order valence-electron chi connectivity index (χ3n) is 7.45. The molecule has 0 heterocycles. The number of benzene rings is 2. The second-order valence-electron chi connectivity index (χ2n) is 9.90. The number of unbranched alkanes of at least 4 members (excludes halogenated alkanes) is 2. The molecular formula is C31H43NO. The largest absolute Gasteiger partial charge is 0.494 e. The Kier molecular flexibility index (Phi) is 10.8. The first-order valence-electron chi connectivity index (χ1n) is 13.5. The number of hydrogen-bond donors (Lipinski definition) is 0. The SMILES string of the molecule is CCCCOc1ccc(-c2ccc([C@H](CCCC)CCC(C#N)C3CCCCC3)cc2)cc1. The van der Waals surface area contributed by atoms with E-state index in [9.17, 15) is 5.26 Å². The summed E-state index contributed by atoms with van der Waals surface area (Å²) in [6.07, 6.45) is 14.7. The van der Waals surface area contributed by atoms with E-state index in [0.29, 0.717) is 11.8 Å². The molecule has 33 heavy (non-hydrogen) atoms. The van der Waals surface area contributed by atoms with Crippen LogP contribution in [-0.2, 0) is 0 Å². The lowest BCUT2D eigenvalue weighted by Gasteiger charge is -2.27. The molecule has 2 nitrogen and oxygen atoms in total. The predicted molar refractivity (Wildman–Crippen MR) is 139 cm³/mol. The van der Waals surface area contributed by atoms with E-state index >= 15 is 0 Å². The molecule has 1 aliphatic rings. The molecule has 1 aliphatic carbocycles. The Hall–Kier alpha value is -2.27. The zero-order valence-corrected chi connectivity index (χ0v) is 20.9. The van der Waals surface area contributed by atoms with E-state index in [1.165, 1.54) is 68.1 Å². The molecule has 2 heteroatoms. The highest BCUT2D eigenvalue weighted by atomic mass is 16.5. The normalized spacial score (nSPS) is 16.2. The van der Waals surface area contributed by atoms with Crippen molar-refractivity contribution in [2.24, 2.45) is 11.8 Å². The summed E-state index contributed by atoms with van der Waals surface area (Å²) >= 11 is 0. The first-order chi connectivity index (χ1) is 16.2. The van der Waals surface area contributed by atoms with Crippen LogP contribution in [0, 0.1) is 23.2 Å². The molecule has 1 saturated carbocycles. The molecule has 2 atom stereocenters. The van der Waals surface area contributed by atoms with Gasteiger partial charge in [0.05, 0.1) is 12.7 Å². The van der Waals surface area contributed by atoms with E-state index < -0.39 is 0 Å². The average Bonchev–Trinajstić information content (AvgIpc) is 2.87. The van der Waals surface area contributed by atoms with Crippen LogP contribution < -0.4 is 4.74 Å². The standard InChI is InChI=1S/C31H43NO/c1-3-5-10-26(17-18-30(24-32)25-11-8-7-9-12-25)27-13-15-28(16-14-27)29-19-21-31(22-20-29)33-23-6-4-2/h13-16,19-22,25-26,30H,3-12,17-18,23H2,1-2H3/t26-,30?/m1/s1. The molecule has 2 aromatic carbocycles. The van der Waals surface area contributed by atoms with E-state index in [2.05, 4.69) is 68.4 Å². The molecule has 2 aromatic rings. The molecule has 0 amide bonds. The third kappa shape index (κ3) is 7.92. The molecule has 0 aromatic heterocycles. The van der Waals surface area contributed by atoms with E-state index in [1.54, 1.807) is 0 Å². The van der Waals surface area contributed by atoms with Crippen molar-refractivity contribution in [3.8, 4) is 22.9 Å². The summed E-state index contributed by atoms with van der Waals surface area (Å²) in [6, 6.07) is 20.3. The zero-order chi connectivity index (χ0) is 23.3. The molecule has 0 saturated heterocycles. The van der Waals surface area contributed by atoms with Gasteiger partial charge in [0.2, 0.25) is 0 Å². The van der Waals surface area contributed by atoms with Gasteiger partial charge in [-0.25, -0.2) is 0 Å². The van der Waals surface area contributed by atoms with Crippen molar-refractivity contribution in [2.45, 2.75) is 96.8 Å². The summed E-state index contributed by atoms with van der Waals surface area (Å²) < 4.78 is 5.80. The summed E-state index contributed by atoms with van der Waals surface area (Å²) in [5.41, 5.74) is 3.92. The quantitative estimate of drug-likeness (QED) is 0.288. The fraction of sp³-hybridized carbons (Fsp3) is 0.581. The van der Waals surface area contributed by atoms with Gasteiger partial charge in [-0.3, -0.25) is 0 Å². The molecule has 0 bridgehead atoms. The second-order valence-corrected chi connectivity index (χ2v) is 9.90. The predicted octanol–water partition coefficient (Wildman–Crippen LogP) is 9.31. The summed E-state index contributed by atoms with van der Waals surface area (Å²) in [4.78, 5) is 0. The minimum absolute atomic E-state index is 0.242. The molecule has 3 rings (SSSR count). The number of hydrogen-bond acceptors (Lipinski definition) is 2. The summed E-state index contributed by atoms with van der Waals surface area (Å²) in [7, 11) is 0. The summed E-state index contributed by atoms with van der Waals surface area (Å²) in [6.45, 7) is 5.24. The van der Waals surface area contributed by atoms with Crippen LogP contribution in [0.3, 0.4) is 0 Å². The molecule has 1 unspecified atom stereocenters. The Morgan fingerprint density at radius 1 is 0.818 bits per heavy atom. The molecule has 1 fully saturated rings. The van der Waals surface area contributed by atoms with Crippen LogP contribution in [0.25, 0.3) is 11.1 Å². The number of ether oxygens (including phenoxy) is 1. The van der Waals surface area contributed by atoms with E-state index in [-0.39, 0.29) is 5.92 Å². The molecule has 0 spiro atoms. The Bertz CT molecular complexity index is 827. The molecule has 178 valence electrons. The van der Waals surface area contributed by atoms with Gasteiger partial charge < -0.3 is 4.74 Å². The van der Waals surface area contributed by atoms with Crippen molar-refractivity contribution < 1.29 is 4.74 Å². The highest BCUT2D eigenvalue weighted by molar-refractivity contribution is 5.64. The molecule has 0 N–H and O–H groups in total. The molecule has 0 aliphatic heterocycles. The number of nitriles is 1. The van der Waals surface area contributed by atoms with Gasteiger partial charge in [0.15, 0.2) is 0 Å². The molecule has 0 radical (unpaired) electrons. The van der Waals surface area contributed by atoms with Crippen molar-refractivity contribution in [2.75, 3.05) is 6.61 Å². The minimum atomic E-state index is 0.242. The average molecular weight is 446 g/mol. The van der Waals surface area contributed by atoms with Gasteiger partial charge in [-0.05, 0) is 79.2 Å². The van der Waals surface area contributed by atoms with Gasteiger partial charge in [-0.2, -0.15) is 5.26 Å². The van der Waals surface area contributed by atoms with Crippen molar-refractivity contribution in [1.29, 1.82) is 5.26 Å². The Balaban J connectivity index is 1.62. The fourth-order valence-electron chi connectivity index (χ4n) is 5.28. The van der Waals surface area contributed by atoms with Crippen molar-refractivity contribution >= 4 is 0 Å². The Morgan fingerprint density at radius 3 is 2.06 bits per heavy atom. The smallest absolute Gasteiger partial charge is 0.119 e.